The van der Waals surface area contributed by atoms with Crippen LogP contribution in [0.1, 0.15) is 22.6 Å². The van der Waals surface area contributed by atoms with Crippen LogP contribution in [0.25, 0.3) is 0 Å². The number of phenols is 2. The molecule has 0 heterocycles. The van der Waals surface area contributed by atoms with Gasteiger partial charge in [0.05, 0.1) is 6.61 Å². The second kappa shape index (κ2) is 5.10. The maximum absolute atomic E-state index is 9.91. The average Bonchev–Trinajstić information content (AvgIpc) is 2.38. The fraction of sp³-hybridized carbons (Fsp3) is 0.200. The zero-order valence-corrected chi connectivity index (χ0v) is 10.2. The van der Waals surface area contributed by atoms with Crippen molar-refractivity contribution in [3.63, 3.8) is 0 Å². The molecule has 2 aromatic rings. The topological polar surface area (TPSA) is 60.7 Å². The molecule has 0 aliphatic carbocycles. The molecule has 0 fully saturated rings. The number of aryl methyl sites for hydroxylation is 1. The summed E-state index contributed by atoms with van der Waals surface area (Å²) in [5.41, 5.74) is 2.23. The maximum Gasteiger partial charge on any atom is 0.123 e. The first-order chi connectivity index (χ1) is 8.63. The Morgan fingerprint density at radius 2 is 1.67 bits per heavy atom. The summed E-state index contributed by atoms with van der Waals surface area (Å²) in [6.07, 6.45) is 0. The van der Waals surface area contributed by atoms with Crippen LogP contribution in [0, 0.1) is 6.92 Å². The molecule has 0 radical (unpaired) electrons. The second-order valence-corrected chi connectivity index (χ2v) is 4.34. The van der Waals surface area contributed by atoms with E-state index in [1.807, 2.05) is 30.3 Å². The smallest absolute Gasteiger partial charge is 0.123 e. The molecule has 1 atom stereocenters. The Balaban J connectivity index is 2.49. The van der Waals surface area contributed by atoms with Gasteiger partial charge >= 0.3 is 0 Å². The maximum atomic E-state index is 9.91. The lowest BCUT2D eigenvalue weighted by Crippen LogP contribution is -2.06. The second-order valence-electron chi connectivity index (χ2n) is 4.34. The molecule has 0 saturated carbocycles. The summed E-state index contributed by atoms with van der Waals surface area (Å²) in [5.74, 6) is -0.229. The molecular weight excluding hydrogens is 228 g/mol. The monoisotopic (exact) mass is 244 g/mol. The molecule has 0 aromatic heterocycles. The molecule has 3 N–H and O–H groups in total. The fourth-order valence-corrected chi connectivity index (χ4v) is 2.06. The van der Waals surface area contributed by atoms with Crippen LogP contribution in [0.15, 0.2) is 42.5 Å². The Labute approximate surface area is 106 Å². The predicted molar refractivity (Wildman–Crippen MR) is 69.9 cm³/mol. The summed E-state index contributed by atoms with van der Waals surface area (Å²) in [6, 6.07) is 12.5. The minimum absolute atomic E-state index is 0.000929. The summed E-state index contributed by atoms with van der Waals surface area (Å²) >= 11 is 0. The number of aliphatic hydroxyl groups is 1. The Bertz CT molecular complexity index is 535. The number of aromatic hydroxyl groups is 2. The first-order valence-corrected chi connectivity index (χ1v) is 5.81. The van der Waals surface area contributed by atoms with Crippen molar-refractivity contribution in [3.8, 4) is 11.5 Å². The molecule has 0 aliphatic heterocycles. The van der Waals surface area contributed by atoms with Gasteiger partial charge in [-0.15, -0.1) is 0 Å². The van der Waals surface area contributed by atoms with Crippen LogP contribution in [-0.2, 0) is 0 Å². The molecule has 3 nitrogen and oxygen atoms in total. The van der Waals surface area contributed by atoms with E-state index in [0.29, 0.717) is 11.1 Å². The van der Waals surface area contributed by atoms with Crippen molar-refractivity contribution in [2.45, 2.75) is 12.8 Å². The van der Waals surface area contributed by atoms with E-state index >= 15 is 0 Å². The van der Waals surface area contributed by atoms with Crippen molar-refractivity contribution in [2.24, 2.45) is 0 Å². The van der Waals surface area contributed by atoms with E-state index in [2.05, 4.69) is 0 Å². The molecule has 0 saturated heterocycles. The average molecular weight is 244 g/mol. The van der Waals surface area contributed by atoms with Gasteiger partial charge in [-0.25, -0.2) is 0 Å². The van der Waals surface area contributed by atoms with Crippen LogP contribution in [0.5, 0.6) is 11.5 Å². The minimum atomic E-state index is -0.287. The summed E-state index contributed by atoms with van der Waals surface area (Å²) < 4.78 is 0. The van der Waals surface area contributed by atoms with E-state index in [1.165, 1.54) is 6.07 Å². The molecule has 0 spiro atoms. The van der Waals surface area contributed by atoms with Crippen molar-refractivity contribution in [3.05, 3.63) is 59.2 Å². The highest BCUT2D eigenvalue weighted by Crippen LogP contribution is 2.35. The number of hydrogen-bond donors (Lipinski definition) is 3. The van der Waals surface area contributed by atoms with Gasteiger partial charge in [0, 0.05) is 17.5 Å². The molecule has 0 amide bonds. The highest BCUT2D eigenvalue weighted by atomic mass is 16.3. The predicted octanol–water partition coefficient (Wildman–Crippen LogP) is 2.53. The molecule has 94 valence electrons. The van der Waals surface area contributed by atoms with Crippen LogP contribution in [0.3, 0.4) is 0 Å². The highest BCUT2D eigenvalue weighted by Gasteiger charge is 2.18. The molecule has 0 bridgehead atoms. The standard InChI is InChI=1S/C15H16O3/c1-10-7-12(15(18)8-14(10)17)13(9-16)11-5-3-2-4-6-11/h2-8,13,16-18H,9H2,1H3. The number of hydrogen-bond acceptors (Lipinski definition) is 3. The van der Waals surface area contributed by atoms with Crippen molar-refractivity contribution < 1.29 is 15.3 Å². The number of aliphatic hydroxyl groups excluding tert-OH is 1. The summed E-state index contributed by atoms with van der Waals surface area (Å²) in [5, 5.41) is 29.0. The van der Waals surface area contributed by atoms with Crippen molar-refractivity contribution >= 4 is 0 Å². The van der Waals surface area contributed by atoms with Crippen LogP contribution in [-0.4, -0.2) is 21.9 Å². The van der Waals surface area contributed by atoms with Crippen LogP contribution < -0.4 is 0 Å². The zero-order valence-electron chi connectivity index (χ0n) is 10.2. The molecule has 2 aromatic carbocycles. The van der Waals surface area contributed by atoms with Crippen molar-refractivity contribution in [1.82, 2.24) is 0 Å². The Kier molecular flexibility index (Phi) is 3.53. The highest BCUT2D eigenvalue weighted by molar-refractivity contribution is 5.49. The summed E-state index contributed by atoms with van der Waals surface area (Å²) in [6.45, 7) is 1.67. The van der Waals surface area contributed by atoms with Crippen molar-refractivity contribution in [2.75, 3.05) is 6.61 Å². The molecule has 3 heteroatoms. The molecule has 1 unspecified atom stereocenters. The third-order valence-electron chi connectivity index (χ3n) is 3.11. The van der Waals surface area contributed by atoms with E-state index in [-0.39, 0.29) is 24.0 Å². The van der Waals surface area contributed by atoms with E-state index < -0.39 is 0 Å². The first-order valence-electron chi connectivity index (χ1n) is 5.81. The Morgan fingerprint density at radius 3 is 2.28 bits per heavy atom. The molecular formula is C15H16O3. The minimum Gasteiger partial charge on any atom is -0.508 e. The normalized spacial score (nSPS) is 12.3. The van der Waals surface area contributed by atoms with Gasteiger partial charge in [-0.1, -0.05) is 30.3 Å². The van der Waals surface area contributed by atoms with Gasteiger partial charge in [-0.05, 0) is 24.1 Å². The summed E-state index contributed by atoms with van der Waals surface area (Å²) in [7, 11) is 0. The third kappa shape index (κ3) is 2.31. The summed E-state index contributed by atoms with van der Waals surface area (Å²) in [4.78, 5) is 0. The number of phenolic OH excluding ortho intramolecular Hbond substituents is 2. The molecule has 0 aliphatic rings. The largest absolute Gasteiger partial charge is 0.508 e. The van der Waals surface area contributed by atoms with Gasteiger partial charge in [-0.2, -0.15) is 0 Å². The van der Waals surface area contributed by atoms with Gasteiger partial charge < -0.3 is 15.3 Å². The molecule has 18 heavy (non-hydrogen) atoms. The lowest BCUT2D eigenvalue weighted by Gasteiger charge is -2.17. The van der Waals surface area contributed by atoms with Crippen LogP contribution in [0.4, 0.5) is 0 Å². The lowest BCUT2D eigenvalue weighted by molar-refractivity contribution is 0.278. The Hall–Kier alpha value is -2.00. The fourth-order valence-electron chi connectivity index (χ4n) is 2.06. The first kappa shape index (κ1) is 12.5. The van der Waals surface area contributed by atoms with Gasteiger partial charge in [0.15, 0.2) is 0 Å². The lowest BCUT2D eigenvalue weighted by atomic mass is 9.90. The van der Waals surface area contributed by atoms with Crippen molar-refractivity contribution in [1.29, 1.82) is 0 Å². The SMILES string of the molecule is Cc1cc(C(CO)c2ccccc2)c(O)cc1O. The van der Waals surface area contributed by atoms with E-state index in [9.17, 15) is 15.3 Å². The quantitative estimate of drug-likeness (QED) is 0.777. The third-order valence-corrected chi connectivity index (χ3v) is 3.11. The van der Waals surface area contributed by atoms with E-state index in [4.69, 9.17) is 0 Å². The Morgan fingerprint density at radius 1 is 1.00 bits per heavy atom. The molecule has 2 rings (SSSR count). The van der Waals surface area contributed by atoms with Crippen LogP contribution >= 0.6 is 0 Å². The van der Waals surface area contributed by atoms with Gasteiger partial charge in [0.25, 0.3) is 0 Å². The number of rotatable bonds is 3. The van der Waals surface area contributed by atoms with E-state index in [1.54, 1.807) is 13.0 Å². The van der Waals surface area contributed by atoms with Gasteiger partial charge in [0.2, 0.25) is 0 Å². The van der Waals surface area contributed by atoms with Crippen LogP contribution in [0.2, 0.25) is 0 Å². The zero-order chi connectivity index (χ0) is 13.1. The van der Waals surface area contributed by atoms with E-state index in [0.717, 1.165) is 5.56 Å². The van der Waals surface area contributed by atoms with Gasteiger partial charge in [-0.3, -0.25) is 0 Å². The van der Waals surface area contributed by atoms with Gasteiger partial charge in [0.1, 0.15) is 11.5 Å². The number of benzene rings is 2.